The molecule has 0 spiro atoms. The molecule has 0 radical (unpaired) electrons. The fraction of sp³-hybridized carbons (Fsp3) is 0.375. The second-order valence-electron chi connectivity index (χ2n) is 5.49. The number of aryl methyl sites for hydroxylation is 1. The van der Waals surface area contributed by atoms with Crippen molar-refractivity contribution in [2.75, 3.05) is 23.3 Å². The quantitative estimate of drug-likeness (QED) is 0.871. The van der Waals surface area contributed by atoms with Crippen LogP contribution >= 0.6 is 23.2 Å². The third-order valence-electron chi connectivity index (χ3n) is 3.70. The molecule has 0 bridgehead atoms. The molecule has 2 heterocycles. The van der Waals surface area contributed by atoms with Crippen molar-refractivity contribution in [1.29, 1.82) is 0 Å². The van der Waals surface area contributed by atoms with Crippen molar-refractivity contribution in [2.45, 2.75) is 26.2 Å². The van der Waals surface area contributed by atoms with Gasteiger partial charge >= 0.3 is 0 Å². The molecule has 1 aliphatic rings. The van der Waals surface area contributed by atoms with Crippen LogP contribution in [0.2, 0.25) is 10.0 Å². The molecule has 4 nitrogen and oxygen atoms in total. The zero-order valence-electron chi connectivity index (χ0n) is 12.4. The Labute approximate surface area is 140 Å². The molecule has 0 amide bonds. The van der Waals surface area contributed by atoms with Crippen molar-refractivity contribution in [1.82, 2.24) is 9.97 Å². The summed E-state index contributed by atoms with van der Waals surface area (Å²) in [6, 6.07) is 7.31. The van der Waals surface area contributed by atoms with E-state index in [1.807, 2.05) is 13.0 Å². The molecule has 3 rings (SSSR count). The fourth-order valence-corrected chi connectivity index (χ4v) is 2.94. The molecular formula is C16H18Cl2N4. The molecule has 0 aliphatic carbocycles. The van der Waals surface area contributed by atoms with Gasteiger partial charge in [-0.25, -0.2) is 4.98 Å². The average molecular weight is 337 g/mol. The van der Waals surface area contributed by atoms with E-state index in [0.717, 1.165) is 24.6 Å². The van der Waals surface area contributed by atoms with Gasteiger partial charge in [0.05, 0.1) is 10.7 Å². The third kappa shape index (κ3) is 3.62. The van der Waals surface area contributed by atoms with Crippen LogP contribution in [0.3, 0.4) is 0 Å². The largest absolute Gasteiger partial charge is 0.356 e. The number of nitrogens with zero attached hydrogens (tertiary/aromatic N) is 3. The molecule has 1 aromatic carbocycles. The number of halogens is 2. The summed E-state index contributed by atoms with van der Waals surface area (Å²) in [5.74, 6) is 1.51. The maximum Gasteiger partial charge on any atom is 0.229 e. The van der Waals surface area contributed by atoms with E-state index < -0.39 is 0 Å². The predicted molar refractivity (Wildman–Crippen MR) is 92.6 cm³/mol. The first-order valence-electron chi connectivity index (χ1n) is 7.44. The zero-order chi connectivity index (χ0) is 15.5. The lowest BCUT2D eigenvalue weighted by molar-refractivity contribution is 0.573. The molecule has 22 heavy (non-hydrogen) atoms. The SMILES string of the molecule is Cc1cc(N2CCCCC2)nc(Nc2cc(Cl)ccc2Cl)n1. The highest BCUT2D eigenvalue weighted by atomic mass is 35.5. The van der Waals surface area contributed by atoms with Gasteiger partial charge in [-0.3, -0.25) is 0 Å². The summed E-state index contributed by atoms with van der Waals surface area (Å²) in [5.41, 5.74) is 1.64. The summed E-state index contributed by atoms with van der Waals surface area (Å²) in [4.78, 5) is 11.4. The first kappa shape index (κ1) is 15.4. The van der Waals surface area contributed by atoms with Crippen LogP contribution in [0.4, 0.5) is 17.5 Å². The molecule has 2 aromatic rings. The lowest BCUT2D eigenvalue weighted by Gasteiger charge is -2.28. The second-order valence-corrected chi connectivity index (χ2v) is 6.33. The standard InChI is InChI=1S/C16H18Cl2N4/c1-11-9-15(22-7-3-2-4-8-22)21-16(19-11)20-14-10-12(17)5-6-13(14)18/h5-6,9-10H,2-4,7-8H2,1H3,(H,19,20,21). The number of aromatic nitrogens is 2. The van der Waals surface area contributed by atoms with Crippen LogP contribution in [0, 0.1) is 6.92 Å². The molecule has 1 aliphatic heterocycles. The van der Waals surface area contributed by atoms with Gasteiger partial charge in [-0.05, 0) is 44.4 Å². The van der Waals surface area contributed by atoms with E-state index in [-0.39, 0.29) is 0 Å². The summed E-state index contributed by atoms with van der Waals surface area (Å²) < 4.78 is 0. The van der Waals surface area contributed by atoms with Gasteiger partial charge < -0.3 is 10.2 Å². The average Bonchev–Trinajstić information content (AvgIpc) is 2.51. The minimum Gasteiger partial charge on any atom is -0.356 e. The number of rotatable bonds is 3. The molecule has 6 heteroatoms. The van der Waals surface area contributed by atoms with Crippen molar-refractivity contribution in [3.63, 3.8) is 0 Å². The van der Waals surface area contributed by atoms with Crippen molar-refractivity contribution in [3.05, 3.63) is 40.0 Å². The molecule has 1 N–H and O–H groups in total. The fourth-order valence-electron chi connectivity index (χ4n) is 2.61. The van der Waals surface area contributed by atoms with Gasteiger partial charge in [-0.2, -0.15) is 4.98 Å². The molecule has 116 valence electrons. The summed E-state index contributed by atoms with van der Waals surface area (Å²) in [5, 5.41) is 4.38. The van der Waals surface area contributed by atoms with Crippen LogP contribution in [0.15, 0.2) is 24.3 Å². The smallest absolute Gasteiger partial charge is 0.229 e. The van der Waals surface area contributed by atoms with E-state index in [1.165, 1.54) is 19.3 Å². The Hall–Kier alpha value is -1.52. The molecule has 1 fully saturated rings. The van der Waals surface area contributed by atoms with Crippen molar-refractivity contribution < 1.29 is 0 Å². The minimum atomic E-state index is 0.546. The number of hydrogen-bond donors (Lipinski definition) is 1. The van der Waals surface area contributed by atoms with Gasteiger partial charge in [0.15, 0.2) is 0 Å². The molecule has 0 unspecified atom stereocenters. The Bertz CT molecular complexity index is 669. The molecular weight excluding hydrogens is 319 g/mol. The number of nitrogens with one attached hydrogen (secondary N) is 1. The molecule has 0 saturated carbocycles. The van der Waals surface area contributed by atoms with Gasteiger partial charge in [0.25, 0.3) is 0 Å². The van der Waals surface area contributed by atoms with E-state index in [9.17, 15) is 0 Å². The van der Waals surface area contributed by atoms with Crippen LogP contribution in [0.1, 0.15) is 25.0 Å². The van der Waals surface area contributed by atoms with Gasteiger partial charge in [-0.15, -0.1) is 0 Å². The van der Waals surface area contributed by atoms with Gasteiger partial charge in [0.1, 0.15) is 5.82 Å². The van der Waals surface area contributed by atoms with E-state index in [4.69, 9.17) is 23.2 Å². The highest BCUT2D eigenvalue weighted by Crippen LogP contribution is 2.28. The van der Waals surface area contributed by atoms with E-state index >= 15 is 0 Å². The summed E-state index contributed by atoms with van der Waals surface area (Å²) in [6.45, 7) is 4.07. The van der Waals surface area contributed by atoms with Gasteiger partial charge in [0, 0.05) is 29.9 Å². The van der Waals surface area contributed by atoms with Crippen molar-refractivity contribution >= 4 is 40.7 Å². The lowest BCUT2D eigenvalue weighted by Crippen LogP contribution is -2.30. The summed E-state index contributed by atoms with van der Waals surface area (Å²) in [6.07, 6.45) is 3.72. The number of hydrogen-bond acceptors (Lipinski definition) is 4. The molecule has 0 atom stereocenters. The van der Waals surface area contributed by atoms with Crippen LogP contribution < -0.4 is 10.2 Å². The maximum atomic E-state index is 6.19. The minimum absolute atomic E-state index is 0.546. The number of anilines is 3. The van der Waals surface area contributed by atoms with Crippen LogP contribution in [0.5, 0.6) is 0 Å². The first-order valence-corrected chi connectivity index (χ1v) is 8.20. The lowest BCUT2D eigenvalue weighted by atomic mass is 10.1. The van der Waals surface area contributed by atoms with E-state index in [0.29, 0.717) is 21.7 Å². The Balaban J connectivity index is 1.87. The Kier molecular flexibility index (Phi) is 4.69. The monoisotopic (exact) mass is 336 g/mol. The summed E-state index contributed by atoms with van der Waals surface area (Å²) in [7, 11) is 0. The third-order valence-corrected chi connectivity index (χ3v) is 4.26. The molecule has 1 aromatic heterocycles. The van der Waals surface area contributed by atoms with Gasteiger partial charge in [0.2, 0.25) is 5.95 Å². The Morgan fingerprint density at radius 3 is 2.59 bits per heavy atom. The normalized spacial score (nSPS) is 15.0. The van der Waals surface area contributed by atoms with Crippen molar-refractivity contribution in [2.24, 2.45) is 0 Å². The van der Waals surface area contributed by atoms with Crippen LogP contribution in [-0.4, -0.2) is 23.1 Å². The highest BCUT2D eigenvalue weighted by Gasteiger charge is 2.14. The van der Waals surface area contributed by atoms with Crippen LogP contribution in [0.25, 0.3) is 0 Å². The maximum absolute atomic E-state index is 6.19. The van der Waals surface area contributed by atoms with Crippen molar-refractivity contribution in [3.8, 4) is 0 Å². The van der Waals surface area contributed by atoms with E-state index in [1.54, 1.807) is 18.2 Å². The van der Waals surface area contributed by atoms with Crippen LogP contribution in [-0.2, 0) is 0 Å². The second kappa shape index (κ2) is 6.71. The number of piperidine rings is 1. The molecule has 1 saturated heterocycles. The Morgan fingerprint density at radius 1 is 1.05 bits per heavy atom. The first-order chi connectivity index (χ1) is 10.6. The van der Waals surface area contributed by atoms with Gasteiger partial charge in [-0.1, -0.05) is 23.2 Å². The highest BCUT2D eigenvalue weighted by molar-refractivity contribution is 6.35. The summed E-state index contributed by atoms with van der Waals surface area (Å²) >= 11 is 12.2. The number of benzene rings is 1. The van der Waals surface area contributed by atoms with E-state index in [2.05, 4.69) is 20.2 Å². The predicted octanol–water partition coefficient (Wildman–Crippen LogP) is 4.83. The topological polar surface area (TPSA) is 41.1 Å². The zero-order valence-corrected chi connectivity index (χ0v) is 14.0. The Morgan fingerprint density at radius 2 is 1.82 bits per heavy atom.